The lowest BCUT2D eigenvalue weighted by atomic mass is 9.91. The van der Waals surface area contributed by atoms with Crippen LogP contribution in [-0.4, -0.2) is 5.78 Å². The average molecular weight is 182 g/mol. The first kappa shape index (κ1) is 12.4. The highest BCUT2D eigenvalue weighted by Crippen LogP contribution is 2.17. The molecule has 0 aliphatic rings. The topological polar surface area (TPSA) is 17.1 Å². The lowest BCUT2D eigenvalue weighted by Gasteiger charge is -2.13. The number of ketones is 1. The van der Waals surface area contributed by atoms with E-state index in [0.29, 0.717) is 5.92 Å². The summed E-state index contributed by atoms with van der Waals surface area (Å²) in [7, 11) is 0. The molecule has 0 amide bonds. The molecule has 13 heavy (non-hydrogen) atoms. The maximum absolute atomic E-state index is 11.4. The minimum atomic E-state index is 0.192. The smallest absolute Gasteiger partial charge is 0.158 e. The van der Waals surface area contributed by atoms with Gasteiger partial charge in [0.05, 0.1) is 0 Å². The Bertz CT molecular complexity index is 170. The maximum Gasteiger partial charge on any atom is 0.158 e. The largest absolute Gasteiger partial charge is 0.295 e. The molecule has 0 bridgehead atoms. The highest BCUT2D eigenvalue weighted by atomic mass is 16.1. The van der Waals surface area contributed by atoms with E-state index in [2.05, 4.69) is 13.8 Å². The van der Waals surface area contributed by atoms with E-state index in [9.17, 15) is 4.79 Å². The molecule has 1 nitrogen and oxygen atoms in total. The third-order valence-electron chi connectivity index (χ3n) is 2.35. The molecule has 0 aromatic heterocycles. The van der Waals surface area contributed by atoms with Crippen molar-refractivity contribution >= 4 is 5.78 Å². The Morgan fingerprint density at radius 1 is 1.38 bits per heavy atom. The van der Waals surface area contributed by atoms with Gasteiger partial charge in [-0.2, -0.15) is 0 Å². The summed E-state index contributed by atoms with van der Waals surface area (Å²) in [4.78, 5) is 11.4. The zero-order valence-electron chi connectivity index (χ0n) is 9.34. The Labute approximate surface area is 82.2 Å². The molecule has 0 heterocycles. The Kier molecular flexibility index (Phi) is 6.56. The lowest BCUT2D eigenvalue weighted by Crippen LogP contribution is -2.11. The number of carbonyl (C=O) groups excluding carboxylic acids is 1. The molecule has 0 aliphatic heterocycles. The molecule has 0 N–H and O–H groups in total. The van der Waals surface area contributed by atoms with E-state index in [1.54, 1.807) is 6.08 Å². The Balaban J connectivity index is 3.84. The molecule has 0 aliphatic carbocycles. The SMILES string of the molecule is CC=CC(=O)C(C)CC(C)CCC. The Morgan fingerprint density at radius 3 is 2.46 bits per heavy atom. The Morgan fingerprint density at radius 2 is 2.00 bits per heavy atom. The van der Waals surface area contributed by atoms with Crippen molar-refractivity contribution in [3.63, 3.8) is 0 Å². The summed E-state index contributed by atoms with van der Waals surface area (Å²) in [5.74, 6) is 1.14. The van der Waals surface area contributed by atoms with Crippen molar-refractivity contribution in [3.8, 4) is 0 Å². The van der Waals surface area contributed by atoms with Gasteiger partial charge in [0.15, 0.2) is 5.78 Å². The standard InChI is InChI=1S/C12H22O/c1-5-7-10(3)9-11(4)12(13)8-6-2/h6,8,10-11H,5,7,9H2,1-4H3. The van der Waals surface area contributed by atoms with Crippen LogP contribution in [-0.2, 0) is 4.79 Å². The van der Waals surface area contributed by atoms with E-state index in [1.165, 1.54) is 12.8 Å². The molecule has 0 aromatic rings. The van der Waals surface area contributed by atoms with Crippen molar-refractivity contribution in [2.24, 2.45) is 11.8 Å². The second-order valence-electron chi connectivity index (χ2n) is 3.93. The second-order valence-corrected chi connectivity index (χ2v) is 3.93. The van der Waals surface area contributed by atoms with Crippen LogP contribution in [0.1, 0.15) is 47.0 Å². The van der Waals surface area contributed by atoms with Crippen LogP contribution < -0.4 is 0 Å². The van der Waals surface area contributed by atoms with Gasteiger partial charge >= 0.3 is 0 Å². The van der Waals surface area contributed by atoms with Gasteiger partial charge in [0, 0.05) is 5.92 Å². The van der Waals surface area contributed by atoms with E-state index in [-0.39, 0.29) is 11.7 Å². The van der Waals surface area contributed by atoms with Gasteiger partial charge in [-0.25, -0.2) is 0 Å². The molecule has 0 saturated heterocycles. The fraction of sp³-hybridized carbons (Fsp3) is 0.750. The first-order valence-electron chi connectivity index (χ1n) is 5.28. The predicted octanol–water partition coefficient (Wildman–Crippen LogP) is 3.59. The van der Waals surface area contributed by atoms with E-state index >= 15 is 0 Å². The molecule has 0 spiro atoms. The van der Waals surface area contributed by atoms with E-state index in [1.807, 2.05) is 19.9 Å². The van der Waals surface area contributed by atoms with Crippen LogP contribution >= 0.6 is 0 Å². The molecule has 0 saturated carbocycles. The molecule has 0 aromatic carbocycles. The van der Waals surface area contributed by atoms with Crippen molar-refractivity contribution in [2.75, 3.05) is 0 Å². The van der Waals surface area contributed by atoms with E-state index < -0.39 is 0 Å². The highest BCUT2D eigenvalue weighted by Gasteiger charge is 2.12. The minimum Gasteiger partial charge on any atom is -0.295 e. The molecular formula is C12H22O. The van der Waals surface area contributed by atoms with Gasteiger partial charge in [-0.3, -0.25) is 4.79 Å². The molecule has 2 unspecified atom stereocenters. The van der Waals surface area contributed by atoms with E-state index in [4.69, 9.17) is 0 Å². The van der Waals surface area contributed by atoms with Crippen LogP contribution in [0.3, 0.4) is 0 Å². The number of carbonyl (C=O) groups is 1. The normalized spacial score (nSPS) is 16.0. The zero-order chi connectivity index (χ0) is 10.3. The molecule has 0 radical (unpaired) electrons. The van der Waals surface area contributed by atoms with Gasteiger partial charge in [0.2, 0.25) is 0 Å². The van der Waals surface area contributed by atoms with Gasteiger partial charge in [-0.15, -0.1) is 0 Å². The summed E-state index contributed by atoms with van der Waals surface area (Å²) >= 11 is 0. The third-order valence-corrected chi connectivity index (χ3v) is 2.35. The number of allylic oxidation sites excluding steroid dienone is 2. The molecule has 2 atom stereocenters. The van der Waals surface area contributed by atoms with Crippen molar-refractivity contribution in [3.05, 3.63) is 12.2 Å². The van der Waals surface area contributed by atoms with Crippen LogP contribution in [0.5, 0.6) is 0 Å². The van der Waals surface area contributed by atoms with Gasteiger partial charge in [-0.05, 0) is 25.3 Å². The van der Waals surface area contributed by atoms with Crippen molar-refractivity contribution < 1.29 is 4.79 Å². The summed E-state index contributed by atoms with van der Waals surface area (Å²) in [6, 6.07) is 0. The highest BCUT2D eigenvalue weighted by molar-refractivity contribution is 5.91. The molecule has 0 fully saturated rings. The molecule has 0 rings (SSSR count). The number of rotatable bonds is 6. The van der Waals surface area contributed by atoms with Crippen molar-refractivity contribution in [1.82, 2.24) is 0 Å². The zero-order valence-corrected chi connectivity index (χ0v) is 9.34. The van der Waals surface area contributed by atoms with Crippen LogP contribution in [0.2, 0.25) is 0 Å². The summed E-state index contributed by atoms with van der Waals surface area (Å²) in [5.41, 5.74) is 0. The summed E-state index contributed by atoms with van der Waals surface area (Å²) in [6.07, 6.45) is 6.98. The van der Waals surface area contributed by atoms with Crippen molar-refractivity contribution in [1.29, 1.82) is 0 Å². The summed E-state index contributed by atoms with van der Waals surface area (Å²) < 4.78 is 0. The number of hydrogen-bond acceptors (Lipinski definition) is 1. The van der Waals surface area contributed by atoms with Crippen LogP contribution in [0.25, 0.3) is 0 Å². The quantitative estimate of drug-likeness (QED) is 0.574. The van der Waals surface area contributed by atoms with Gasteiger partial charge < -0.3 is 0 Å². The summed E-state index contributed by atoms with van der Waals surface area (Å²) in [5, 5.41) is 0. The van der Waals surface area contributed by atoms with Gasteiger partial charge in [-0.1, -0.05) is 39.7 Å². The third kappa shape index (κ3) is 5.62. The number of hydrogen-bond donors (Lipinski definition) is 0. The van der Waals surface area contributed by atoms with Crippen LogP contribution in [0.4, 0.5) is 0 Å². The first-order valence-corrected chi connectivity index (χ1v) is 5.28. The molecule has 1 heteroatoms. The van der Waals surface area contributed by atoms with Gasteiger partial charge in [0.25, 0.3) is 0 Å². The van der Waals surface area contributed by atoms with Crippen LogP contribution in [0, 0.1) is 11.8 Å². The fourth-order valence-corrected chi connectivity index (χ4v) is 1.66. The minimum absolute atomic E-state index is 0.192. The van der Waals surface area contributed by atoms with Gasteiger partial charge in [0.1, 0.15) is 0 Å². The average Bonchev–Trinajstić information content (AvgIpc) is 2.05. The molecule has 76 valence electrons. The summed E-state index contributed by atoms with van der Waals surface area (Å²) in [6.45, 7) is 8.33. The van der Waals surface area contributed by atoms with Crippen molar-refractivity contribution in [2.45, 2.75) is 47.0 Å². The predicted molar refractivity (Wildman–Crippen MR) is 57.7 cm³/mol. The molecular weight excluding hydrogens is 160 g/mol. The van der Waals surface area contributed by atoms with Crippen LogP contribution in [0.15, 0.2) is 12.2 Å². The fourth-order valence-electron chi connectivity index (χ4n) is 1.66. The second kappa shape index (κ2) is 6.88. The first-order chi connectivity index (χ1) is 6.11. The lowest BCUT2D eigenvalue weighted by molar-refractivity contribution is -0.118. The monoisotopic (exact) mass is 182 g/mol. The Hall–Kier alpha value is -0.590. The maximum atomic E-state index is 11.4. The van der Waals surface area contributed by atoms with E-state index in [0.717, 1.165) is 6.42 Å².